The zero-order chi connectivity index (χ0) is 20.0. The van der Waals surface area contributed by atoms with E-state index in [4.69, 9.17) is 4.74 Å². The quantitative estimate of drug-likeness (QED) is 0.477. The first-order valence-corrected chi connectivity index (χ1v) is 10.4. The summed E-state index contributed by atoms with van der Waals surface area (Å²) in [6.45, 7) is 6.40. The van der Waals surface area contributed by atoms with Crippen LogP contribution in [0, 0.1) is 6.92 Å². The minimum absolute atomic E-state index is 0.0938. The molecule has 28 heavy (non-hydrogen) atoms. The Morgan fingerprint density at radius 3 is 2.79 bits per heavy atom. The first-order valence-electron chi connectivity index (χ1n) is 9.54. The highest BCUT2D eigenvalue weighted by Crippen LogP contribution is 2.43. The van der Waals surface area contributed by atoms with E-state index < -0.39 is 17.7 Å². The number of aryl methyl sites for hydroxylation is 1. The molecule has 2 unspecified atom stereocenters. The third-order valence-corrected chi connectivity index (χ3v) is 6.40. The first kappa shape index (κ1) is 18.7. The minimum atomic E-state index is -0.617. The molecule has 1 aromatic heterocycles. The lowest BCUT2D eigenvalue weighted by Gasteiger charge is -2.24. The standard InChI is InChI=1S/C22H23NO4S/c1-4-8-23-18(21-12(2)7-9-28-21)17(20(25)22(23)26)19(24)14-5-6-16-15(11-14)10-13(3)27-16/h5-7,9,11,13,18,24H,4,8,10H2,1-3H3/b19-17-. The molecule has 0 radical (unpaired) electrons. The van der Waals surface area contributed by atoms with E-state index in [1.54, 1.807) is 11.0 Å². The number of hydrogen-bond acceptors (Lipinski definition) is 5. The van der Waals surface area contributed by atoms with Crippen molar-refractivity contribution in [2.24, 2.45) is 0 Å². The number of aliphatic hydroxyl groups excluding tert-OH is 1. The molecule has 146 valence electrons. The van der Waals surface area contributed by atoms with Gasteiger partial charge < -0.3 is 14.7 Å². The van der Waals surface area contributed by atoms with E-state index >= 15 is 0 Å². The molecule has 3 heterocycles. The van der Waals surface area contributed by atoms with E-state index in [0.717, 1.165) is 34.6 Å². The summed E-state index contributed by atoms with van der Waals surface area (Å²) in [6.07, 6.45) is 1.59. The second-order valence-electron chi connectivity index (χ2n) is 7.42. The molecular weight excluding hydrogens is 374 g/mol. The molecule has 0 aliphatic carbocycles. The molecule has 2 aromatic rings. The maximum Gasteiger partial charge on any atom is 0.295 e. The monoisotopic (exact) mass is 397 g/mol. The topological polar surface area (TPSA) is 66.8 Å². The number of hydrogen-bond donors (Lipinski definition) is 1. The van der Waals surface area contributed by atoms with Crippen molar-refractivity contribution >= 4 is 28.8 Å². The van der Waals surface area contributed by atoms with E-state index in [2.05, 4.69) is 0 Å². The van der Waals surface area contributed by atoms with Gasteiger partial charge in [-0.15, -0.1) is 11.3 Å². The summed E-state index contributed by atoms with van der Waals surface area (Å²) in [6, 6.07) is 6.86. The number of carbonyl (C=O) groups is 2. The van der Waals surface area contributed by atoms with Crippen LogP contribution >= 0.6 is 11.3 Å². The molecule has 1 saturated heterocycles. The summed E-state index contributed by atoms with van der Waals surface area (Å²) in [5.41, 5.74) is 2.74. The van der Waals surface area contributed by atoms with Crippen molar-refractivity contribution in [2.45, 2.75) is 45.8 Å². The fraction of sp³-hybridized carbons (Fsp3) is 0.364. The molecule has 6 heteroatoms. The molecule has 0 spiro atoms. The number of carbonyl (C=O) groups excluding carboxylic acids is 2. The third-order valence-electron chi connectivity index (χ3n) is 5.32. The highest BCUT2D eigenvalue weighted by Gasteiger charge is 2.46. The van der Waals surface area contributed by atoms with Gasteiger partial charge in [0.1, 0.15) is 17.6 Å². The van der Waals surface area contributed by atoms with Crippen LogP contribution in [0.1, 0.15) is 47.9 Å². The Hall–Kier alpha value is -2.60. The molecule has 1 aromatic carbocycles. The maximum absolute atomic E-state index is 12.9. The van der Waals surface area contributed by atoms with Crippen LogP contribution in [-0.4, -0.2) is 34.3 Å². The lowest BCUT2D eigenvalue weighted by atomic mass is 9.97. The van der Waals surface area contributed by atoms with Gasteiger partial charge in [-0.3, -0.25) is 9.59 Å². The van der Waals surface area contributed by atoms with E-state index in [1.165, 1.54) is 11.3 Å². The number of nitrogens with zero attached hydrogens (tertiary/aromatic N) is 1. The Morgan fingerprint density at radius 2 is 2.11 bits per heavy atom. The second-order valence-corrected chi connectivity index (χ2v) is 8.36. The first-order chi connectivity index (χ1) is 13.4. The van der Waals surface area contributed by atoms with Crippen LogP contribution in [0.15, 0.2) is 35.2 Å². The average Bonchev–Trinajstić information content (AvgIpc) is 3.32. The van der Waals surface area contributed by atoms with Crippen LogP contribution < -0.4 is 4.74 Å². The molecule has 2 atom stereocenters. The van der Waals surface area contributed by atoms with Gasteiger partial charge in [0.25, 0.3) is 11.7 Å². The fourth-order valence-electron chi connectivity index (χ4n) is 4.01. The zero-order valence-corrected chi connectivity index (χ0v) is 17.0. The largest absolute Gasteiger partial charge is 0.507 e. The molecule has 1 fully saturated rings. The molecule has 2 aliphatic rings. The van der Waals surface area contributed by atoms with Gasteiger partial charge in [-0.25, -0.2) is 0 Å². The number of aliphatic hydroxyl groups is 1. The van der Waals surface area contributed by atoms with Gasteiger partial charge in [0.15, 0.2) is 0 Å². The van der Waals surface area contributed by atoms with Crippen LogP contribution in [0.2, 0.25) is 0 Å². The highest BCUT2D eigenvalue weighted by molar-refractivity contribution is 7.10. The average molecular weight is 397 g/mol. The van der Waals surface area contributed by atoms with Crippen LogP contribution in [0.3, 0.4) is 0 Å². The van der Waals surface area contributed by atoms with Gasteiger partial charge in [0.2, 0.25) is 0 Å². The maximum atomic E-state index is 12.9. The number of fused-ring (bicyclic) bond motifs is 1. The Balaban J connectivity index is 1.85. The summed E-state index contributed by atoms with van der Waals surface area (Å²) >= 11 is 1.51. The summed E-state index contributed by atoms with van der Waals surface area (Å²) < 4.78 is 5.72. The molecule has 0 bridgehead atoms. The number of amides is 1. The number of Topliss-reactive ketones (excluding diaryl/α,β-unsaturated/α-hetero) is 1. The van der Waals surface area contributed by atoms with E-state index in [0.29, 0.717) is 12.1 Å². The van der Waals surface area contributed by atoms with Crippen molar-refractivity contribution in [3.05, 3.63) is 56.8 Å². The van der Waals surface area contributed by atoms with Crippen molar-refractivity contribution in [1.29, 1.82) is 0 Å². The predicted molar refractivity (Wildman–Crippen MR) is 109 cm³/mol. The van der Waals surface area contributed by atoms with Gasteiger partial charge in [-0.05, 0) is 61.0 Å². The Bertz CT molecular complexity index is 990. The number of rotatable bonds is 4. The Morgan fingerprint density at radius 1 is 1.32 bits per heavy atom. The number of thiophene rings is 1. The van der Waals surface area contributed by atoms with Crippen molar-refractivity contribution in [1.82, 2.24) is 4.90 Å². The molecule has 4 rings (SSSR count). The number of ether oxygens (including phenoxy) is 1. The van der Waals surface area contributed by atoms with Crippen LogP contribution in [0.25, 0.3) is 5.76 Å². The highest BCUT2D eigenvalue weighted by atomic mass is 32.1. The van der Waals surface area contributed by atoms with Crippen molar-refractivity contribution in [3.8, 4) is 5.75 Å². The third kappa shape index (κ3) is 2.92. The summed E-state index contributed by atoms with van der Waals surface area (Å²) in [5, 5.41) is 13.0. The fourth-order valence-corrected chi connectivity index (χ4v) is 5.06. The molecule has 1 N–H and O–H groups in total. The van der Waals surface area contributed by atoms with E-state index in [9.17, 15) is 14.7 Å². The van der Waals surface area contributed by atoms with Gasteiger partial charge in [-0.1, -0.05) is 6.92 Å². The number of likely N-dealkylation sites (tertiary alicyclic amines) is 1. The molecule has 2 aliphatic heterocycles. The van der Waals surface area contributed by atoms with Crippen molar-refractivity contribution in [2.75, 3.05) is 6.54 Å². The summed E-state index contributed by atoms with van der Waals surface area (Å²) in [4.78, 5) is 28.1. The van der Waals surface area contributed by atoms with Crippen LogP contribution in [0.4, 0.5) is 0 Å². The Labute approximate surface area is 168 Å². The molecule has 5 nitrogen and oxygen atoms in total. The van der Waals surface area contributed by atoms with Gasteiger partial charge in [-0.2, -0.15) is 0 Å². The zero-order valence-electron chi connectivity index (χ0n) is 16.2. The summed E-state index contributed by atoms with van der Waals surface area (Å²) in [7, 11) is 0. The number of ketones is 1. The molecule has 1 amide bonds. The lowest BCUT2D eigenvalue weighted by molar-refractivity contribution is -0.139. The SMILES string of the molecule is CCCN1C(=O)C(=O)/C(=C(\O)c2ccc3c(c2)CC(C)O3)C1c1sccc1C. The van der Waals surface area contributed by atoms with Crippen molar-refractivity contribution < 1.29 is 19.4 Å². The lowest BCUT2D eigenvalue weighted by Crippen LogP contribution is -2.30. The number of benzene rings is 1. The minimum Gasteiger partial charge on any atom is -0.507 e. The second kappa shape index (κ2) is 7.09. The van der Waals surface area contributed by atoms with Crippen molar-refractivity contribution in [3.63, 3.8) is 0 Å². The van der Waals surface area contributed by atoms with Crippen LogP contribution in [-0.2, 0) is 16.0 Å². The molecule has 0 saturated carbocycles. The summed E-state index contributed by atoms with van der Waals surface area (Å²) in [5.74, 6) is -0.466. The Kier molecular flexibility index (Phi) is 4.75. The van der Waals surface area contributed by atoms with Gasteiger partial charge >= 0.3 is 0 Å². The smallest absolute Gasteiger partial charge is 0.295 e. The predicted octanol–water partition coefficient (Wildman–Crippen LogP) is 4.21. The van der Waals surface area contributed by atoms with Crippen LogP contribution in [0.5, 0.6) is 5.75 Å². The van der Waals surface area contributed by atoms with E-state index in [-0.39, 0.29) is 17.4 Å². The normalized spacial score (nSPS) is 23.2. The molecular formula is C22H23NO4S. The van der Waals surface area contributed by atoms with Gasteiger partial charge in [0, 0.05) is 23.4 Å². The van der Waals surface area contributed by atoms with Gasteiger partial charge in [0.05, 0.1) is 11.6 Å². The van der Waals surface area contributed by atoms with E-state index in [1.807, 2.05) is 44.4 Å².